The molecular weight excluding hydrogens is 336 g/mol. The van der Waals surface area contributed by atoms with Crippen molar-refractivity contribution in [3.8, 4) is 11.8 Å². The van der Waals surface area contributed by atoms with Crippen LogP contribution in [0.5, 0.6) is 0 Å². The van der Waals surface area contributed by atoms with E-state index < -0.39 is 0 Å². The molecule has 1 aliphatic heterocycles. The molecule has 3 rings (SSSR count). The Kier molecular flexibility index (Phi) is 5.41. The average Bonchev–Trinajstić information content (AvgIpc) is 3.10. The van der Waals surface area contributed by atoms with E-state index in [1.165, 1.54) is 4.57 Å². The van der Waals surface area contributed by atoms with Crippen molar-refractivity contribution < 1.29 is 0 Å². The fourth-order valence-corrected chi connectivity index (χ4v) is 3.76. The van der Waals surface area contributed by atoms with E-state index in [1.807, 2.05) is 21.7 Å². The Morgan fingerprint density at radius 3 is 2.88 bits per heavy atom. The lowest BCUT2D eigenvalue weighted by Crippen LogP contribution is -2.48. The Hall–Kier alpha value is -2.30. The average molecular weight is 358 g/mol. The largest absolute Gasteiger partial charge is 0.356 e. The molecule has 132 valence electrons. The topological polar surface area (TPSA) is 73.3 Å². The standard InChI is InChI=1S/C18H22N4O2S/c1-2-3-8-21-16(20-7-4-5-15(19)12-20)10-17(23)22(18(21)24)11-14-6-9-25-13-14/h6,9-10,13,15H,4-5,7-8,11-12,19H2,1H3/t15-/m1/s1. The molecule has 2 aromatic rings. The monoisotopic (exact) mass is 358 g/mol. The van der Waals surface area contributed by atoms with Gasteiger partial charge < -0.3 is 10.6 Å². The van der Waals surface area contributed by atoms with Crippen molar-refractivity contribution in [1.82, 2.24) is 9.13 Å². The Balaban J connectivity index is 2.06. The second kappa shape index (κ2) is 7.72. The summed E-state index contributed by atoms with van der Waals surface area (Å²) in [4.78, 5) is 27.6. The van der Waals surface area contributed by atoms with Crippen molar-refractivity contribution in [2.75, 3.05) is 18.0 Å². The second-order valence-electron chi connectivity index (χ2n) is 6.20. The molecule has 1 saturated heterocycles. The molecule has 1 fully saturated rings. The van der Waals surface area contributed by atoms with Crippen LogP contribution in [0.25, 0.3) is 0 Å². The number of hydrogen-bond donors (Lipinski definition) is 1. The third-order valence-corrected chi connectivity index (χ3v) is 5.11. The first-order valence-corrected chi connectivity index (χ1v) is 9.30. The minimum atomic E-state index is -0.324. The SMILES string of the molecule is CC#CCn1c(N2CCC[C@@H](N)C2)cc(=O)n(Cc2ccsc2)c1=O. The van der Waals surface area contributed by atoms with Gasteiger partial charge in [-0.25, -0.2) is 4.79 Å². The number of hydrogen-bond acceptors (Lipinski definition) is 5. The number of piperidine rings is 1. The van der Waals surface area contributed by atoms with Crippen molar-refractivity contribution in [3.05, 3.63) is 49.3 Å². The molecule has 0 unspecified atom stereocenters. The molecule has 0 radical (unpaired) electrons. The van der Waals surface area contributed by atoms with Crippen molar-refractivity contribution in [3.63, 3.8) is 0 Å². The zero-order valence-electron chi connectivity index (χ0n) is 14.3. The van der Waals surface area contributed by atoms with Gasteiger partial charge in [-0.2, -0.15) is 11.3 Å². The lowest BCUT2D eigenvalue weighted by Gasteiger charge is -2.33. The van der Waals surface area contributed by atoms with Crippen LogP contribution in [0.3, 0.4) is 0 Å². The summed E-state index contributed by atoms with van der Waals surface area (Å²) in [6.45, 7) is 3.72. The van der Waals surface area contributed by atoms with E-state index in [4.69, 9.17) is 5.73 Å². The molecule has 1 aliphatic rings. The smallest absolute Gasteiger partial charge is 0.333 e. The molecule has 0 bridgehead atoms. The summed E-state index contributed by atoms with van der Waals surface area (Å²) in [7, 11) is 0. The Morgan fingerprint density at radius 2 is 2.20 bits per heavy atom. The number of rotatable bonds is 4. The molecule has 0 aliphatic carbocycles. The summed E-state index contributed by atoms with van der Waals surface area (Å²) >= 11 is 1.55. The van der Waals surface area contributed by atoms with Crippen LogP contribution in [0.4, 0.5) is 5.82 Å². The van der Waals surface area contributed by atoms with E-state index >= 15 is 0 Å². The van der Waals surface area contributed by atoms with E-state index in [0.717, 1.165) is 24.9 Å². The van der Waals surface area contributed by atoms with Gasteiger partial charge in [0.1, 0.15) is 5.82 Å². The van der Waals surface area contributed by atoms with Crippen molar-refractivity contribution >= 4 is 17.2 Å². The van der Waals surface area contributed by atoms with Gasteiger partial charge in [0.15, 0.2) is 0 Å². The van der Waals surface area contributed by atoms with Crippen LogP contribution >= 0.6 is 11.3 Å². The number of nitrogens with zero attached hydrogens (tertiary/aromatic N) is 3. The van der Waals surface area contributed by atoms with Crippen LogP contribution in [-0.2, 0) is 13.1 Å². The quantitative estimate of drug-likeness (QED) is 0.830. The molecule has 0 aromatic carbocycles. The van der Waals surface area contributed by atoms with Crippen LogP contribution < -0.4 is 21.9 Å². The van der Waals surface area contributed by atoms with E-state index in [9.17, 15) is 9.59 Å². The van der Waals surface area contributed by atoms with Crippen molar-refractivity contribution in [2.24, 2.45) is 5.73 Å². The molecule has 25 heavy (non-hydrogen) atoms. The van der Waals surface area contributed by atoms with Crippen LogP contribution in [0, 0.1) is 11.8 Å². The third-order valence-electron chi connectivity index (χ3n) is 4.37. The Labute approximate surface area is 150 Å². The van der Waals surface area contributed by atoms with E-state index in [-0.39, 0.29) is 30.4 Å². The maximum atomic E-state index is 13.0. The molecule has 0 amide bonds. The minimum absolute atomic E-state index is 0.0581. The van der Waals surface area contributed by atoms with Crippen LogP contribution in [0.1, 0.15) is 25.3 Å². The van der Waals surface area contributed by atoms with Crippen molar-refractivity contribution in [2.45, 2.75) is 38.9 Å². The van der Waals surface area contributed by atoms with Gasteiger partial charge >= 0.3 is 5.69 Å². The highest BCUT2D eigenvalue weighted by molar-refractivity contribution is 7.07. The zero-order chi connectivity index (χ0) is 17.8. The molecule has 0 saturated carbocycles. The number of anilines is 1. The predicted octanol–water partition coefficient (Wildman–Crippen LogP) is 1.07. The number of thiophene rings is 1. The van der Waals surface area contributed by atoms with Gasteiger partial charge in [-0.05, 0) is 42.2 Å². The fourth-order valence-electron chi connectivity index (χ4n) is 3.10. The number of aromatic nitrogens is 2. The molecule has 6 nitrogen and oxygen atoms in total. The summed E-state index contributed by atoms with van der Waals surface area (Å²) < 4.78 is 2.86. The second-order valence-corrected chi connectivity index (χ2v) is 6.98. The number of nitrogens with two attached hydrogens (primary N) is 1. The molecule has 0 spiro atoms. The highest BCUT2D eigenvalue weighted by Gasteiger charge is 2.21. The third kappa shape index (κ3) is 3.86. The van der Waals surface area contributed by atoms with Crippen LogP contribution in [0.15, 0.2) is 32.5 Å². The fraction of sp³-hybridized carbons (Fsp3) is 0.444. The minimum Gasteiger partial charge on any atom is -0.356 e. The summed E-state index contributed by atoms with van der Waals surface area (Å²) in [5, 5.41) is 3.88. The lowest BCUT2D eigenvalue weighted by molar-refractivity contribution is 0.491. The van der Waals surface area contributed by atoms with E-state index in [0.29, 0.717) is 12.4 Å². The summed E-state index contributed by atoms with van der Waals surface area (Å²) in [6, 6.07) is 3.52. The molecule has 3 heterocycles. The summed E-state index contributed by atoms with van der Waals surface area (Å²) in [5.41, 5.74) is 6.41. The van der Waals surface area contributed by atoms with Crippen molar-refractivity contribution in [1.29, 1.82) is 0 Å². The lowest BCUT2D eigenvalue weighted by atomic mass is 10.1. The first kappa shape index (κ1) is 17.5. The molecular formula is C18H22N4O2S. The Morgan fingerprint density at radius 1 is 1.36 bits per heavy atom. The highest BCUT2D eigenvalue weighted by Crippen LogP contribution is 2.17. The van der Waals surface area contributed by atoms with Gasteiger partial charge in [-0.1, -0.05) is 5.92 Å². The zero-order valence-corrected chi connectivity index (χ0v) is 15.1. The Bertz CT molecular complexity index is 902. The van der Waals surface area contributed by atoms with Gasteiger partial charge in [-0.3, -0.25) is 13.9 Å². The van der Waals surface area contributed by atoms with E-state index in [2.05, 4.69) is 11.8 Å². The molecule has 1 atom stereocenters. The highest BCUT2D eigenvalue weighted by atomic mass is 32.1. The maximum Gasteiger partial charge on any atom is 0.333 e. The molecule has 2 aromatic heterocycles. The molecule has 2 N–H and O–H groups in total. The van der Waals surface area contributed by atoms with Gasteiger partial charge in [-0.15, -0.1) is 5.92 Å². The normalized spacial score (nSPS) is 17.2. The predicted molar refractivity (Wildman–Crippen MR) is 101 cm³/mol. The molecule has 7 heteroatoms. The summed E-state index contributed by atoms with van der Waals surface area (Å²) in [6.07, 6.45) is 1.91. The first-order chi connectivity index (χ1) is 12.1. The van der Waals surface area contributed by atoms with E-state index in [1.54, 1.807) is 28.9 Å². The maximum absolute atomic E-state index is 13.0. The van der Waals surface area contributed by atoms with Crippen LogP contribution in [0.2, 0.25) is 0 Å². The van der Waals surface area contributed by atoms with Gasteiger partial charge in [0.2, 0.25) is 0 Å². The summed E-state index contributed by atoms with van der Waals surface area (Å²) in [5.74, 6) is 6.39. The van der Waals surface area contributed by atoms with Gasteiger partial charge in [0.25, 0.3) is 5.56 Å². The first-order valence-electron chi connectivity index (χ1n) is 8.36. The van der Waals surface area contributed by atoms with Gasteiger partial charge in [0, 0.05) is 25.2 Å². The van der Waals surface area contributed by atoms with Gasteiger partial charge in [0.05, 0.1) is 13.1 Å². The van der Waals surface area contributed by atoms with Crippen LogP contribution in [-0.4, -0.2) is 28.3 Å².